The summed E-state index contributed by atoms with van der Waals surface area (Å²) < 4.78 is 0. The summed E-state index contributed by atoms with van der Waals surface area (Å²) in [5.74, 6) is 0.298. The lowest BCUT2D eigenvalue weighted by molar-refractivity contribution is 0.0828. The Hall–Kier alpha value is -1.81. The maximum atomic E-state index is 12.1. The number of hydrogen-bond acceptors (Lipinski definition) is 2. The number of carbonyl (C=O) groups is 1. The lowest BCUT2D eigenvalue weighted by atomic mass is 9.81. The quantitative estimate of drug-likeness (QED) is 0.788. The van der Waals surface area contributed by atoms with E-state index in [2.05, 4.69) is 10.3 Å². The van der Waals surface area contributed by atoms with Crippen LogP contribution in [0.5, 0.6) is 0 Å². The predicted octanol–water partition coefficient (Wildman–Crippen LogP) is 1.98. The molecular weight excluding hydrogens is 240 g/mol. The summed E-state index contributed by atoms with van der Waals surface area (Å²) in [4.78, 5) is 15.3. The van der Waals surface area contributed by atoms with E-state index in [1.54, 1.807) is 0 Å². The van der Waals surface area contributed by atoms with Gasteiger partial charge in [0.2, 0.25) is 0 Å². The SMILES string of the molecule is Cc1cccc2cc(C(=O)N[C@H]3C[C@@H](CO)C3)[nH]c12. The van der Waals surface area contributed by atoms with Crippen LogP contribution in [-0.4, -0.2) is 28.6 Å². The highest BCUT2D eigenvalue weighted by atomic mass is 16.3. The fourth-order valence-electron chi connectivity index (χ4n) is 2.70. The highest BCUT2D eigenvalue weighted by Crippen LogP contribution is 2.27. The largest absolute Gasteiger partial charge is 0.396 e. The van der Waals surface area contributed by atoms with Gasteiger partial charge in [0.25, 0.3) is 5.91 Å². The number of amides is 1. The van der Waals surface area contributed by atoms with Crippen molar-refractivity contribution in [2.75, 3.05) is 6.61 Å². The van der Waals surface area contributed by atoms with Crippen molar-refractivity contribution in [1.29, 1.82) is 0 Å². The third-order valence-electron chi connectivity index (χ3n) is 3.94. The van der Waals surface area contributed by atoms with E-state index >= 15 is 0 Å². The highest BCUT2D eigenvalue weighted by molar-refractivity contribution is 5.98. The number of carbonyl (C=O) groups excluding carboxylic acids is 1. The number of aryl methyl sites for hydroxylation is 1. The van der Waals surface area contributed by atoms with E-state index in [0.717, 1.165) is 29.3 Å². The molecule has 0 unspecified atom stereocenters. The maximum Gasteiger partial charge on any atom is 0.267 e. The second-order valence-corrected chi connectivity index (χ2v) is 5.41. The topological polar surface area (TPSA) is 65.1 Å². The summed E-state index contributed by atoms with van der Waals surface area (Å²) in [6.07, 6.45) is 1.75. The Bertz CT molecular complexity index is 612. The Morgan fingerprint density at radius 2 is 2.26 bits per heavy atom. The van der Waals surface area contributed by atoms with Gasteiger partial charge in [0.05, 0.1) is 0 Å². The van der Waals surface area contributed by atoms with E-state index in [0.29, 0.717) is 11.6 Å². The zero-order valence-corrected chi connectivity index (χ0v) is 10.9. The smallest absolute Gasteiger partial charge is 0.267 e. The average molecular weight is 258 g/mol. The van der Waals surface area contributed by atoms with Crippen molar-refractivity contribution in [2.45, 2.75) is 25.8 Å². The van der Waals surface area contributed by atoms with Crippen molar-refractivity contribution in [3.63, 3.8) is 0 Å². The van der Waals surface area contributed by atoms with Crippen molar-refractivity contribution >= 4 is 16.8 Å². The van der Waals surface area contributed by atoms with Crippen LogP contribution in [-0.2, 0) is 0 Å². The maximum absolute atomic E-state index is 12.1. The fourth-order valence-corrected chi connectivity index (χ4v) is 2.70. The fraction of sp³-hybridized carbons (Fsp3) is 0.400. The number of aliphatic hydroxyl groups is 1. The molecule has 1 aliphatic carbocycles. The molecule has 0 spiro atoms. The number of nitrogens with one attached hydrogen (secondary N) is 2. The number of aliphatic hydroxyl groups excluding tert-OH is 1. The van der Waals surface area contributed by atoms with E-state index < -0.39 is 0 Å². The van der Waals surface area contributed by atoms with Crippen molar-refractivity contribution in [3.8, 4) is 0 Å². The van der Waals surface area contributed by atoms with Crippen molar-refractivity contribution in [3.05, 3.63) is 35.5 Å². The molecule has 1 aliphatic rings. The van der Waals surface area contributed by atoms with Gasteiger partial charge in [0, 0.05) is 23.6 Å². The Morgan fingerprint density at radius 3 is 2.95 bits per heavy atom. The van der Waals surface area contributed by atoms with E-state index in [1.165, 1.54) is 0 Å². The molecule has 19 heavy (non-hydrogen) atoms. The minimum Gasteiger partial charge on any atom is -0.396 e. The molecule has 1 amide bonds. The van der Waals surface area contributed by atoms with Crippen molar-refractivity contribution < 1.29 is 9.90 Å². The van der Waals surface area contributed by atoms with Crippen LogP contribution in [0.25, 0.3) is 10.9 Å². The summed E-state index contributed by atoms with van der Waals surface area (Å²) >= 11 is 0. The van der Waals surface area contributed by atoms with Crippen LogP contribution in [0, 0.1) is 12.8 Å². The van der Waals surface area contributed by atoms with Crippen LogP contribution in [0.1, 0.15) is 28.9 Å². The standard InChI is InChI=1S/C15H18N2O2/c1-9-3-2-4-11-7-13(17-14(9)11)15(19)16-12-5-10(6-12)8-18/h2-4,7,10,12,17-18H,5-6,8H2,1H3,(H,16,19)/t10-,12+. The number of fused-ring (bicyclic) bond motifs is 1. The molecule has 4 nitrogen and oxygen atoms in total. The molecule has 1 heterocycles. The molecular formula is C15H18N2O2. The van der Waals surface area contributed by atoms with Gasteiger partial charge in [-0.3, -0.25) is 4.79 Å². The highest BCUT2D eigenvalue weighted by Gasteiger charge is 2.30. The summed E-state index contributed by atoms with van der Waals surface area (Å²) in [6, 6.07) is 8.11. The Kier molecular flexibility index (Phi) is 3.03. The number of para-hydroxylation sites is 1. The van der Waals surface area contributed by atoms with E-state index in [9.17, 15) is 4.79 Å². The molecule has 0 bridgehead atoms. The van der Waals surface area contributed by atoms with Gasteiger partial charge in [-0.2, -0.15) is 0 Å². The zero-order chi connectivity index (χ0) is 13.4. The molecule has 100 valence electrons. The van der Waals surface area contributed by atoms with E-state index in [-0.39, 0.29) is 18.6 Å². The molecule has 0 aliphatic heterocycles. The van der Waals surface area contributed by atoms with Gasteiger partial charge in [-0.15, -0.1) is 0 Å². The van der Waals surface area contributed by atoms with Crippen LogP contribution < -0.4 is 5.32 Å². The van der Waals surface area contributed by atoms with Gasteiger partial charge < -0.3 is 15.4 Å². The zero-order valence-electron chi connectivity index (χ0n) is 10.9. The number of rotatable bonds is 3. The van der Waals surface area contributed by atoms with Crippen LogP contribution in [0.2, 0.25) is 0 Å². The number of hydrogen-bond donors (Lipinski definition) is 3. The minimum absolute atomic E-state index is 0.0583. The predicted molar refractivity (Wildman–Crippen MR) is 74.1 cm³/mol. The normalized spacial score (nSPS) is 22.2. The van der Waals surface area contributed by atoms with Crippen molar-refractivity contribution in [2.24, 2.45) is 5.92 Å². The van der Waals surface area contributed by atoms with Crippen LogP contribution in [0.4, 0.5) is 0 Å². The molecule has 0 atom stereocenters. The number of aromatic nitrogens is 1. The van der Waals surface area contributed by atoms with Gasteiger partial charge in [-0.05, 0) is 37.3 Å². The second-order valence-electron chi connectivity index (χ2n) is 5.41. The Morgan fingerprint density at radius 1 is 1.47 bits per heavy atom. The molecule has 1 aromatic carbocycles. The third-order valence-corrected chi connectivity index (χ3v) is 3.94. The van der Waals surface area contributed by atoms with E-state index in [4.69, 9.17) is 5.11 Å². The minimum atomic E-state index is -0.0583. The molecule has 3 N–H and O–H groups in total. The van der Waals surface area contributed by atoms with Crippen LogP contribution in [0.15, 0.2) is 24.3 Å². The summed E-state index contributed by atoms with van der Waals surface area (Å²) in [5, 5.41) is 13.0. The average Bonchev–Trinajstić information content (AvgIpc) is 2.78. The third kappa shape index (κ3) is 2.24. The first-order valence-electron chi connectivity index (χ1n) is 6.67. The molecule has 1 saturated carbocycles. The molecule has 1 aromatic heterocycles. The number of benzene rings is 1. The van der Waals surface area contributed by atoms with E-state index in [1.807, 2.05) is 31.2 Å². The first kappa shape index (κ1) is 12.2. The lowest BCUT2D eigenvalue weighted by Gasteiger charge is -2.34. The first-order valence-corrected chi connectivity index (χ1v) is 6.67. The number of H-pyrrole nitrogens is 1. The van der Waals surface area contributed by atoms with Gasteiger partial charge in [0.1, 0.15) is 5.69 Å². The molecule has 4 heteroatoms. The van der Waals surface area contributed by atoms with Crippen LogP contribution in [0.3, 0.4) is 0 Å². The molecule has 3 rings (SSSR count). The molecule has 2 aromatic rings. The summed E-state index contributed by atoms with van der Waals surface area (Å²) in [7, 11) is 0. The second kappa shape index (κ2) is 4.70. The van der Waals surface area contributed by atoms with Gasteiger partial charge >= 0.3 is 0 Å². The van der Waals surface area contributed by atoms with Crippen molar-refractivity contribution in [1.82, 2.24) is 10.3 Å². The van der Waals surface area contributed by atoms with Gasteiger partial charge in [-0.1, -0.05) is 18.2 Å². The van der Waals surface area contributed by atoms with Crippen LogP contribution >= 0.6 is 0 Å². The molecule has 1 fully saturated rings. The van der Waals surface area contributed by atoms with Gasteiger partial charge in [-0.25, -0.2) is 0 Å². The monoisotopic (exact) mass is 258 g/mol. The Balaban J connectivity index is 1.73. The van der Waals surface area contributed by atoms with Gasteiger partial charge in [0.15, 0.2) is 0 Å². The Labute approximate surface area is 111 Å². The molecule has 0 radical (unpaired) electrons. The number of aromatic amines is 1. The summed E-state index contributed by atoms with van der Waals surface area (Å²) in [5.41, 5.74) is 2.77. The molecule has 0 saturated heterocycles. The summed E-state index contributed by atoms with van der Waals surface area (Å²) in [6.45, 7) is 2.25. The lowest BCUT2D eigenvalue weighted by Crippen LogP contribution is -2.45. The first-order chi connectivity index (χ1) is 9.17.